The van der Waals surface area contributed by atoms with Gasteiger partial charge >= 0.3 is 6.03 Å². The number of benzene rings is 3. The molecule has 1 atom stereocenters. The molecule has 1 unspecified atom stereocenters. The molecule has 5 rings (SSSR count). The number of amides is 2. The number of phenolic OH excluding ortho intramolecular Hbond substituents is 2. The largest absolute Gasteiger partial charge is 0.508 e. The SMILES string of the molecule is COc1cc(C2CC(c3cc4ccccc4o3)=NN2C(=O)Nc2cccc(O)c2)ccc1O. The van der Waals surface area contributed by atoms with E-state index in [9.17, 15) is 15.0 Å². The van der Waals surface area contributed by atoms with Crippen LogP contribution < -0.4 is 10.1 Å². The molecule has 0 saturated carbocycles. The minimum Gasteiger partial charge on any atom is -0.508 e. The summed E-state index contributed by atoms with van der Waals surface area (Å²) in [6, 6.07) is 19.9. The van der Waals surface area contributed by atoms with Crippen molar-refractivity contribution in [3.8, 4) is 17.2 Å². The quantitative estimate of drug-likeness (QED) is 0.400. The first-order valence-electron chi connectivity index (χ1n) is 10.3. The van der Waals surface area contributed by atoms with Gasteiger partial charge in [0.25, 0.3) is 0 Å². The number of rotatable bonds is 4. The molecule has 8 nitrogen and oxygen atoms in total. The molecule has 1 aromatic heterocycles. The van der Waals surface area contributed by atoms with Gasteiger partial charge in [-0.15, -0.1) is 0 Å². The number of ether oxygens (including phenoxy) is 1. The maximum absolute atomic E-state index is 13.2. The van der Waals surface area contributed by atoms with Gasteiger partial charge in [-0.2, -0.15) is 5.10 Å². The van der Waals surface area contributed by atoms with E-state index in [4.69, 9.17) is 9.15 Å². The Morgan fingerprint density at radius 1 is 1.09 bits per heavy atom. The van der Waals surface area contributed by atoms with Crippen LogP contribution in [0, 0.1) is 0 Å². The van der Waals surface area contributed by atoms with Crippen LogP contribution in [0.25, 0.3) is 11.0 Å². The first kappa shape index (κ1) is 20.4. The summed E-state index contributed by atoms with van der Waals surface area (Å²) in [6.07, 6.45) is 0.404. The summed E-state index contributed by atoms with van der Waals surface area (Å²) < 4.78 is 11.2. The van der Waals surface area contributed by atoms with Gasteiger partial charge in [0.05, 0.1) is 13.2 Å². The van der Waals surface area contributed by atoms with E-state index < -0.39 is 12.1 Å². The van der Waals surface area contributed by atoms with Crippen molar-refractivity contribution in [2.24, 2.45) is 5.10 Å². The zero-order valence-corrected chi connectivity index (χ0v) is 17.7. The van der Waals surface area contributed by atoms with Crippen molar-refractivity contribution in [3.05, 3.63) is 84.1 Å². The number of hydrogen-bond donors (Lipinski definition) is 3. The lowest BCUT2D eigenvalue weighted by atomic mass is 10.0. The van der Waals surface area contributed by atoms with E-state index >= 15 is 0 Å². The Kier molecular flexibility index (Phi) is 5.10. The molecule has 0 aliphatic carbocycles. The van der Waals surface area contributed by atoms with Crippen LogP contribution in [0.5, 0.6) is 17.2 Å². The van der Waals surface area contributed by atoms with Crippen molar-refractivity contribution in [3.63, 3.8) is 0 Å². The molecule has 2 heterocycles. The number of nitrogens with one attached hydrogen (secondary N) is 1. The number of aromatic hydroxyl groups is 2. The minimum absolute atomic E-state index is 0.00781. The van der Waals surface area contributed by atoms with Gasteiger partial charge in [0.1, 0.15) is 17.0 Å². The van der Waals surface area contributed by atoms with Crippen molar-refractivity contribution >= 4 is 28.4 Å². The van der Waals surface area contributed by atoms with Gasteiger partial charge in [0, 0.05) is 23.6 Å². The monoisotopic (exact) mass is 443 g/mol. The summed E-state index contributed by atoms with van der Waals surface area (Å²) in [7, 11) is 1.47. The summed E-state index contributed by atoms with van der Waals surface area (Å²) in [6.45, 7) is 0. The van der Waals surface area contributed by atoms with E-state index in [1.165, 1.54) is 30.3 Å². The second-order valence-electron chi connectivity index (χ2n) is 7.67. The zero-order valence-electron chi connectivity index (χ0n) is 17.7. The number of carbonyl (C=O) groups excluding carboxylic acids is 1. The summed E-state index contributed by atoms with van der Waals surface area (Å²) in [5.74, 6) is 0.937. The Morgan fingerprint density at radius 3 is 2.73 bits per heavy atom. The number of carbonyl (C=O) groups is 1. The van der Waals surface area contributed by atoms with E-state index in [2.05, 4.69) is 10.4 Å². The number of phenols is 2. The lowest BCUT2D eigenvalue weighted by molar-refractivity contribution is 0.200. The third-order valence-electron chi connectivity index (χ3n) is 5.51. The lowest BCUT2D eigenvalue weighted by Gasteiger charge is -2.23. The van der Waals surface area contributed by atoms with E-state index in [0.717, 1.165) is 16.5 Å². The number of nitrogens with zero attached hydrogens (tertiary/aromatic N) is 2. The Bertz CT molecular complexity index is 1340. The number of para-hydroxylation sites is 1. The highest BCUT2D eigenvalue weighted by Gasteiger charge is 2.35. The Labute approximate surface area is 189 Å². The van der Waals surface area contributed by atoms with Crippen LogP contribution in [-0.4, -0.2) is 34.1 Å². The number of anilines is 1. The second-order valence-corrected chi connectivity index (χ2v) is 7.67. The normalized spacial score (nSPS) is 15.5. The summed E-state index contributed by atoms with van der Waals surface area (Å²) >= 11 is 0. The topological polar surface area (TPSA) is 108 Å². The van der Waals surface area contributed by atoms with Gasteiger partial charge in [-0.3, -0.25) is 0 Å². The summed E-state index contributed by atoms with van der Waals surface area (Å²) in [4.78, 5) is 13.2. The van der Waals surface area contributed by atoms with Gasteiger partial charge in [-0.05, 0) is 42.0 Å². The minimum atomic E-state index is -0.469. The molecule has 3 aromatic carbocycles. The highest BCUT2D eigenvalue weighted by molar-refractivity contribution is 6.04. The molecule has 0 radical (unpaired) electrons. The van der Waals surface area contributed by atoms with E-state index in [0.29, 0.717) is 29.3 Å². The van der Waals surface area contributed by atoms with Crippen LogP contribution in [0.2, 0.25) is 0 Å². The molecule has 0 fully saturated rings. The van der Waals surface area contributed by atoms with Crippen LogP contribution in [0.4, 0.5) is 10.5 Å². The smallest absolute Gasteiger partial charge is 0.342 e. The number of hydrazone groups is 1. The number of fused-ring (bicyclic) bond motifs is 1. The molecule has 4 aromatic rings. The van der Waals surface area contributed by atoms with Gasteiger partial charge in [0.2, 0.25) is 0 Å². The Morgan fingerprint density at radius 2 is 1.94 bits per heavy atom. The molecular weight excluding hydrogens is 422 g/mol. The molecule has 1 aliphatic rings. The molecular formula is C25H21N3O5. The van der Waals surface area contributed by atoms with Crippen molar-refractivity contribution in [1.82, 2.24) is 5.01 Å². The third kappa shape index (κ3) is 3.94. The van der Waals surface area contributed by atoms with Gasteiger partial charge < -0.3 is 24.7 Å². The maximum atomic E-state index is 13.2. The fourth-order valence-corrected chi connectivity index (χ4v) is 3.90. The lowest BCUT2D eigenvalue weighted by Crippen LogP contribution is -2.31. The van der Waals surface area contributed by atoms with E-state index in [1.807, 2.05) is 30.3 Å². The highest BCUT2D eigenvalue weighted by Crippen LogP contribution is 2.38. The number of methoxy groups -OCH3 is 1. The van der Waals surface area contributed by atoms with Crippen LogP contribution >= 0.6 is 0 Å². The van der Waals surface area contributed by atoms with Crippen molar-refractivity contribution in [2.45, 2.75) is 12.5 Å². The Hall–Kier alpha value is -4.46. The van der Waals surface area contributed by atoms with E-state index in [-0.39, 0.29) is 11.5 Å². The number of hydrogen-bond acceptors (Lipinski definition) is 6. The molecule has 0 saturated heterocycles. The standard InChI is InChI=1S/C25H21N3O5/c1-32-24-11-15(9-10-21(24)30)20-14-19(23-12-16-5-2-3-8-22(16)33-23)27-28(20)25(31)26-17-6-4-7-18(29)13-17/h2-13,20,29-30H,14H2,1H3,(H,26,31). The molecule has 2 amide bonds. The summed E-state index contributed by atoms with van der Waals surface area (Å²) in [5.41, 5.74) is 2.54. The molecule has 33 heavy (non-hydrogen) atoms. The number of urea groups is 1. The first-order valence-corrected chi connectivity index (χ1v) is 10.3. The highest BCUT2D eigenvalue weighted by atomic mass is 16.5. The fraction of sp³-hybridized carbons (Fsp3) is 0.120. The first-order chi connectivity index (χ1) is 16.0. The molecule has 0 bridgehead atoms. The third-order valence-corrected chi connectivity index (χ3v) is 5.51. The van der Waals surface area contributed by atoms with Crippen molar-refractivity contribution in [1.29, 1.82) is 0 Å². The summed E-state index contributed by atoms with van der Waals surface area (Å²) in [5, 5.41) is 29.4. The predicted molar refractivity (Wildman–Crippen MR) is 124 cm³/mol. The zero-order chi connectivity index (χ0) is 22.9. The van der Waals surface area contributed by atoms with Crippen LogP contribution in [0.15, 0.2) is 82.3 Å². The molecule has 0 spiro atoms. The van der Waals surface area contributed by atoms with Gasteiger partial charge in [0.15, 0.2) is 17.3 Å². The molecule has 8 heteroatoms. The van der Waals surface area contributed by atoms with E-state index in [1.54, 1.807) is 24.3 Å². The van der Waals surface area contributed by atoms with Crippen LogP contribution in [0.1, 0.15) is 23.8 Å². The number of furan rings is 1. The van der Waals surface area contributed by atoms with Crippen LogP contribution in [0.3, 0.4) is 0 Å². The molecule has 3 N–H and O–H groups in total. The fourth-order valence-electron chi connectivity index (χ4n) is 3.90. The van der Waals surface area contributed by atoms with Crippen molar-refractivity contribution in [2.75, 3.05) is 12.4 Å². The molecule has 1 aliphatic heterocycles. The van der Waals surface area contributed by atoms with Crippen LogP contribution in [-0.2, 0) is 0 Å². The predicted octanol–water partition coefficient (Wildman–Crippen LogP) is 5.24. The molecule has 166 valence electrons. The second kappa shape index (κ2) is 8.23. The average molecular weight is 443 g/mol. The van der Waals surface area contributed by atoms with Gasteiger partial charge in [-0.1, -0.05) is 30.3 Å². The maximum Gasteiger partial charge on any atom is 0.342 e. The average Bonchev–Trinajstić information content (AvgIpc) is 3.44. The van der Waals surface area contributed by atoms with Gasteiger partial charge in [-0.25, -0.2) is 9.80 Å². The van der Waals surface area contributed by atoms with Crippen molar-refractivity contribution < 1.29 is 24.2 Å². The Balaban J connectivity index is 1.51.